The molecule has 1 aromatic heterocycles. The van der Waals surface area contributed by atoms with Gasteiger partial charge in [-0.3, -0.25) is 14.5 Å². The summed E-state index contributed by atoms with van der Waals surface area (Å²) in [5.41, 5.74) is 4.90. The topological polar surface area (TPSA) is 76.1 Å². The van der Waals surface area contributed by atoms with E-state index in [0.717, 1.165) is 16.7 Å². The van der Waals surface area contributed by atoms with E-state index in [4.69, 9.17) is 0 Å². The summed E-state index contributed by atoms with van der Waals surface area (Å²) in [5.74, 6) is -0.0867. The number of carbonyl (C=O) groups is 1. The van der Waals surface area contributed by atoms with Crippen molar-refractivity contribution in [2.75, 3.05) is 4.72 Å². The zero-order valence-corrected chi connectivity index (χ0v) is 18.3. The second-order valence-corrected chi connectivity index (χ2v) is 9.20. The zero-order chi connectivity index (χ0) is 22.2. The van der Waals surface area contributed by atoms with E-state index < -0.39 is 10.0 Å². The van der Waals surface area contributed by atoms with Crippen LogP contribution in [-0.4, -0.2) is 19.2 Å². The van der Waals surface area contributed by atoms with Crippen molar-refractivity contribution < 1.29 is 13.2 Å². The average Bonchev–Trinajstić information content (AvgIpc) is 2.73. The molecule has 6 heteroatoms. The molecule has 0 unspecified atom stereocenters. The third-order valence-corrected chi connectivity index (χ3v) is 6.56. The molecule has 1 N–H and O–H groups in total. The van der Waals surface area contributed by atoms with Gasteiger partial charge in [0.15, 0.2) is 5.78 Å². The van der Waals surface area contributed by atoms with E-state index in [-0.39, 0.29) is 10.7 Å². The Morgan fingerprint density at radius 2 is 1.58 bits per heavy atom. The van der Waals surface area contributed by atoms with Crippen molar-refractivity contribution >= 4 is 32.4 Å². The van der Waals surface area contributed by atoms with Crippen molar-refractivity contribution in [1.82, 2.24) is 4.98 Å². The third kappa shape index (κ3) is 4.07. The number of aryl methyl sites for hydroxylation is 2. The van der Waals surface area contributed by atoms with Crippen LogP contribution < -0.4 is 4.72 Å². The highest BCUT2D eigenvalue weighted by molar-refractivity contribution is 7.92. The molecule has 0 bridgehead atoms. The van der Waals surface area contributed by atoms with Crippen LogP contribution in [0, 0.1) is 13.8 Å². The van der Waals surface area contributed by atoms with Gasteiger partial charge in [-0.05, 0) is 56.7 Å². The van der Waals surface area contributed by atoms with Gasteiger partial charge in [-0.15, -0.1) is 0 Å². The SMILES string of the molecule is CC(=O)c1c(C)nc2ccc(NS(=O)(=O)c3ccc(C)cc3)cc2c1-c1ccccc1. The summed E-state index contributed by atoms with van der Waals surface area (Å²) in [6, 6.07) is 21.5. The second-order valence-electron chi connectivity index (χ2n) is 7.52. The Morgan fingerprint density at radius 3 is 2.23 bits per heavy atom. The van der Waals surface area contributed by atoms with Crippen LogP contribution in [0.1, 0.15) is 28.5 Å². The number of anilines is 1. The van der Waals surface area contributed by atoms with Crippen LogP contribution in [0.3, 0.4) is 0 Å². The number of carbonyl (C=O) groups excluding carboxylic acids is 1. The van der Waals surface area contributed by atoms with Gasteiger partial charge in [0.25, 0.3) is 10.0 Å². The highest BCUT2D eigenvalue weighted by atomic mass is 32.2. The summed E-state index contributed by atoms with van der Waals surface area (Å²) in [6.07, 6.45) is 0. The minimum Gasteiger partial charge on any atom is -0.294 e. The van der Waals surface area contributed by atoms with Crippen LogP contribution in [0.4, 0.5) is 5.69 Å². The lowest BCUT2D eigenvalue weighted by Gasteiger charge is -2.15. The Kier molecular flexibility index (Phi) is 5.33. The van der Waals surface area contributed by atoms with Gasteiger partial charge in [0.05, 0.1) is 10.4 Å². The summed E-state index contributed by atoms with van der Waals surface area (Å²) >= 11 is 0. The number of rotatable bonds is 5. The molecular weight excluding hydrogens is 408 g/mol. The minimum absolute atomic E-state index is 0.0867. The molecule has 0 atom stereocenters. The normalized spacial score (nSPS) is 11.5. The number of hydrogen-bond donors (Lipinski definition) is 1. The molecule has 0 spiro atoms. The molecule has 31 heavy (non-hydrogen) atoms. The minimum atomic E-state index is -3.75. The van der Waals surface area contributed by atoms with Crippen molar-refractivity contribution in [1.29, 1.82) is 0 Å². The van der Waals surface area contributed by atoms with Crippen molar-refractivity contribution in [2.24, 2.45) is 0 Å². The van der Waals surface area contributed by atoms with Crippen LogP contribution in [-0.2, 0) is 10.0 Å². The van der Waals surface area contributed by atoms with Gasteiger partial charge >= 0.3 is 0 Å². The molecule has 0 aliphatic carbocycles. The first kappa shape index (κ1) is 20.8. The van der Waals surface area contributed by atoms with Gasteiger partial charge in [-0.1, -0.05) is 48.0 Å². The quantitative estimate of drug-likeness (QED) is 0.423. The van der Waals surface area contributed by atoms with Crippen LogP contribution in [0.5, 0.6) is 0 Å². The van der Waals surface area contributed by atoms with Gasteiger partial charge in [-0.2, -0.15) is 0 Å². The molecule has 3 aromatic carbocycles. The van der Waals surface area contributed by atoms with E-state index >= 15 is 0 Å². The maximum atomic E-state index is 12.9. The van der Waals surface area contributed by atoms with E-state index in [1.54, 1.807) is 42.5 Å². The standard InChI is InChI=1S/C25H22N2O3S/c1-16-9-12-21(13-10-16)31(29,30)27-20-11-14-23-22(15-20)25(19-7-5-4-6-8-19)24(18(3)28)17(2)26-23/h4-15,27H,1-3H3. The number of nitrogens with one attached hydrogen (secondary N) is 1. The van der Waals surface area contributed by atoms with E-state index in [9.17, 15) is 13.2 Å². The van der Waals surface area contributed by atoms with E-state index in [0.29, 0.717) is 27.8 Å². The van der Waals surface area contributed by atoms with Gasteiger partial charge in [-0.25, -0.2) is 8.42 Å². The molecule has 0 saturated heterocycles. The Bertz CT molecular complexity index is 1390. The molecule has 5 nitrogen and oxygen atoms in total. The summed E-state index contributed by atoms with van der Waals surface area (Å²) in [4.78, 5) is 17.3. The van der Waals surface area contributed by atoms with Crippen LogP contribution in [0.2, 0.25) is 0 Å². The molecule has 0 saturated carbocycles. The first-order chi connectivity index (χ1) is 14.8. The molecule has 1 heterocycles. The lowest BCUT2D eigenvalue weighted by atomic mass is 9.92. The van der Waals surface area contributed by atoms with E-state index in [1.165, 1.54) is 6.92 Å². The number of Topliss-reactive ketones (excluding diaryl/α,β-unsaturated/α-hetero) is 1. The molecular formula is C25H22N2O3S. The highest BCUT2D eigenvalue weighted by Gasteiger charge is 2.19. The molecule has 0 aliphatic rings. The van der Waals surface area contributed by atoms with Gasteiger partial charge in [0.2, 0.25) is 0 Å². The summed E-state index contributed by atoms with van der Waals surface area (Å²) in [6.45, 7) is 5.24. The number of benzene rings is 3. The van der Waals surface area contributed by atoms with Crippen LogP contribution in [0.15, 0.2) is 77.7 Å². The maximum absolute atomic E-state index is 12.9. The van der Waals surface area contributed by atoms with Crippen molar-refractivity contribution in [2.45, 2.75) is 25.7 Å². The van der Waals surface area contributed by atoms with Crippen molar-refractivity contribution in [3.05, 3.63) is 89.6 Å². The highest BCUT2D eigenvalue weighted by Crippen LogP contribution is 2.35. The number of nitrogens with zero attached hydrogens (tertiary/aromatic N) is 1. The van der Waals surface area contributed by atoms with E-state index in [1.807, 2.05) is 44.2 Å². The smallest absolute Gasteiger partial charge is 0.261 e. The molecule has 156 valence electrons. The number of aromatic nitrogens is 1. The Hall–Kier alpha value is -3.51. The fourth-order valence-electron chi connectivity index (χ4n) is 3.72. The van der Waals surface area contributed by atoms with Gasteiger partial charge in [0.1, 0.15) is 0 Å². The third-order valence-electron chi connectivity index (χ3n) is 5.16. The monoisotopic (exact) mass is 430 g/mol. The average molecular weight is 431 g/mol. The number of hydrogen-bond acceptors (Lipinski definition) is 4. The Morgan fingerprint density at radius 1 is 0.903 bits per heavy atom. The largest absolute Gasteiger partial charge is 0.294 e. The zero-order valence-electron chi connectivity index (χ0n) is 17.5. The van der Waals surface area contributed by atoms with Crippen LogP contribution >= 0.6 is 0 Å². The second kappa shape index (κ2) is 7.96. The first-order valence-corrected chi connectivity index (χ1v) is 11.3. The number of fused-ring (bicyclic) bond motifs is 1. The van der Waals surface area contributed by atoms with Gasteiger partial charge < -0.3 is 0 Å². The molecule has 0 fully saturated rings. The summed E-state index contributed by atoms with van der Waals surface area (Å²) < 4.78 is 28.4. The number of ketones is 1. The molecule has 0 amide bonds. The molecule has 4 rings (SSSR count). The number of sulfonamides is 1. The van der Waals surface area contributed by atoms with Gasteiger partial charge in [0, 0.05) is 27.9 Å². The van der Waals surface area contributed by atoms with Crippen molar-refractivity contribution in [3.63, 3.8) is 0 Å². The molecule has 0 radical (unpaired) electrons. The first-order valence-electron chi connectivity index (χ1n) is 9.86. The lowest BCUT2D eigenvalue weighted by Crippen LogP contribution is -2.13. The lowest BCUT2D eigenvalue weighted by molar-refractivity contribution is 0.101. The molecule has 0 aliphatic heterocycles. The van der Waals surface area contributed by atoms with Crippen molar-refractivity contribution in [3.8, 4) is 11.1 Å². The predicted molar refractivity (Wildman–Crippen MR) is 124 cm³/mol. The number of pyridine rings is 1. The van der Waals surface area contributed by atoms with E-state index in [2.05, 4.69) is 9.71 Å². The Labute approximate surface area is 181 Å². The maximum Gasteiger partial charge on any atom is 0.261 e. The van der Waals surface area contributed by atoms with Crippen LogP contribution in [0.25, 0.3) is 22.0 Å². The Balaban J connectivity index is 1.89. The molecule has 4 aromatic rings. The summed E-state index contributed by atoms with van der Waals surface area (Å²) in [5, 5.41) is 0.714. The predicted octanol–water partition coefficient (Wildman–Crippen LogP) is 5.52. The summed E-state index contributed by atoms with van der Waals surface area (Å²) in [7, 11) is -3.75. The fraction of sp³-hybridized carbons (Fsp3) is 0.120. The fourth-order valence-corrected chi connectivity index (χ4v) is 4.77.